The maximum atomic E-state index is 13.0. The average molecular weight is 413 g/mol. The molecule has 0 atom stereocenters. The highest BCUT2D eigenvalue weighted by Crippen LogP contribution is 2.25. The van der Waals surface area contributed by atoms with Gasteiger partial charge in [0.2, 0.25) is 0 Å². The predicted octanol–water partition coefficient (Wildman–Crippen LogP) is 1.26. The van der Waals surface area contributed by atoms with Crippen LogP contribution in [-0.2, 0) is 14.8 Å². The summed E-state index contributed by atoms with van der Waals surface area (Å²) in [6.07, 6.45) is 1.54. The highest BCUT2D eigenvalue weighted by atomic mass is 32.2. The Morgan fingerprint density at radius 1 is 1.17 bits per heavy atom. The number of carbonyl (C=O) groups is 1. The zero-order valence-electron chi connectivity index (χ0n) is 15.4. The van der Waals surface area contributed by atoms with Gasteiger partial charge in [-0.1, -0.05) is 6.07 Å². The number of nitrogens with one attached hydrogen (secondary N) is 1. The van der Waals surface area contributed by atoms with Gasteiger partial charge in [0, 0.05) is 37.3 Å². The number of nitriles is 1. The number of benzene rings is 2. The molecule has 0 spiro atoms. The van der Waals surface area contributed by atoms with Crippen molar-refractivity contribution in [2.24, 2.45) is 0 Å². The SMILES string of the molecule is N#Cc1cccc(S(=O)(=O)n2ncc3ccc(N4CCNCC4)cc32)c1.O=CO. The van der Waals surface area contributed by atoms with Gasteiger partial charge in [0.1, 0.15) is 0 Å². The van der Waals surface area contributed by atoms with Crippen LogP contribution in [0, 0.1) is 11.3 Å². The standard InChI is InChI=1S/C18H17N5O2S.CH2O2/c19-12-14-2-1-3-17(10-14)26(24,25)23-18-11-16(5-4-15(18)13-21-23)22-8-6-20-7-9-22;2-1-3/h1-5,10-11,13,20H,6-9H2;1H,(H,2,3). The van der Waals surface area contributed by atoms with Crippen LogP contribution >= 0.6 is 0 Å². The van der Waals surface area contributed by atoms with Gasteiger partial charge in [-0.25, -0.2) is 0 Å². The molecule has 2 heterocycles. The number of aromatic nitrogens is 2. The first-order chi connectivity index (χ1) is 14.0. The normalized spacial score (nSPS) is 14.0. The summed E-state index contributed by atoms with van der Waals surface area (Å²) < 4.78 is 27.1. The molecule has 150 valence electrons. The predicted molar refractivity (Wildman–Crippen MR) is 107 cm³/mol. The molecular weight excluding hydrogens is 394 g/mol. The van der Waals surface area contributed by atoms with Crippen LogP contribution in [0.1, 0.15) is 5.56 Å². The summed E-state index contributed by atoms with van der Waals surface area (Å²) in [7, 11) is -3.88. The second-order valence-electron chi connectivity index (χ2n) is 6.22. The number of fused-ring (bicyclic) bond motifs is 1. The highest BCUT2D eigenvalue weighted by molar-refractivity contribution is 7.90. The minimum Gasteiger partial charge on any atom is -0.483 e. The molecule has 1 aliphatic rings. The quantitative estimate of drug-likeness (QED) is 0.614. The molecule has 1 aromatic heterocycles. The first-order valence-electron chi connectivity index (χ1n) is 8.78. The number of hydrogen-bond acceptors (Lipinski definition) is 7. The van der Waals surface area contributed by atoms with Gasteiger partial charge in [-0.05, 0) is 36.4 Å². The molecule has 1 saturated heterocycles. The van der Waals surface area contributed by atoms with Crippen molar-refractivity contribution in [3.8, 4) is 6.07 Å². The van der Waals surface area contributed by atoms with Gasteiger partial charge >= 0.3 is 0 Å². The van der Waals surface area contributed by atoms with E-state index in [1.165, 1.54) is 12.1 Å². The third kappa shape index (κ3) is 4.21. The van der Waals surface area contributed by atoms with Gasteiger partial charge < -0.3 is 15.3 Å². The van der Waals surface area contributed by atoms with Crippen LogP contribution in [0.2, 0.25) is 0 Å². The lowest BCUT2D eigenvalue weighted by Crippen LogP contribution is -2.43. The molecule has 2 aromatic carbocycles. The van der Waals surface area contributed by atoms with Crippen LogP contribution in [0.4, 0.5) is 5.69 Å². The van der Waals surface area contributed by atoms with Crippen LogP contribution in [0.5, 0.6) is 0 Å². The third-order valence-electron chi connectivity index (χ3n) is 4.49. The third-order valence-corrected chi connectivity index (χ3v) is 6.09. The Labute approximate surface area is 167 Å². The van der Waals surface area contributed by atoms with Crippen LogP contribution < -0.4 is 10.2 Å². The average Bonchev–Trinajstić information content (AvgIpc) is 3.19. The lowest BCUT2D eigenvalue weighted by Gasteiger charge is -2.29. The molecule has 0 radical (unpaired) electrons. The summed E-state index contributed by atoms with van der Waals surface area (Å²) >= 11 is 0. The smallest absolute Gasteiger partial charge is 0.290 e. The molecule has 2 N–H and O–H groups in total. The fourth-order valence-electron chi connectivity index (χ4n) is 3.12. The van der Waals surface area contributed by atoms with E-state index in [9.17, 15) is 8.42 Å². The number of piperazine rings is 1. The van der Waals surface area contributed by atoms with E-state index in [0.717, 1.165) is 41.3 Å². The summed E-state index contributed by atoms with van der Waals surface area (Å²) in [4.78, 5) is 10.6. The summed E-state index contributed by atoms with van der Waals surface area (Å²) in [5.41, 5.74) is 1.80. The summed E-state index contributed by atoms with van der Waals surface area (Å²) in [6.45, 7) is 3.29. The van der Waals surface area contributed by atoms with Crippen molar-refractivity contribution >= 4 is 33.1 Å². The van der Waals surface area contributed by atoms with Crippen molar-refractivity contribution in [2.75, 3.05) is 31.1 Å². The second kappa shape index (κ2) is 8.72. The maximum absolute atomic E-state index is 13.0. The van der Waals surface area contributed by atoms with Crippen LogP contribution in [0.15, 0.2) is 53.6 Å². The molecule has 0 bridgehead atoms. The molecule has 10 heteroatoms. The van der Waals surface area contributed by atoms with E-state index in [-0.39, 0.29) is 11.4 Å². The lowest BCUT2D eigenvalue weighted by atomic mass is 10.2. The van der Waals surface area contributed by atoms with Crippen LogP contribution in [0.3, 0.4) is 0 Å². The van der Waals surface area contributed by atoms with Crippen molar-refractivity contribution in [1.29, 1.82) is 5.26 Å². The van der Waals surface area contributed by atoms with Gasteiger partial charge in [-0.15, -0.1) is 0 Å². The second-order valence-corrected chi connectivity index (χ2v) is 7.99. The molecule has 1 fully saturated rings. The van der Waals surface area contributed by atoms with Gasteiger partial charge in [0.15, 0.2) is 0 Å². The van der Waals surface area contributed by atoms with Crippen molar-refractivity contribution in [3.05, 3.63) is 54.2 Å². The summed E-state index contributed by atoms with van der Waals surface area (Å²) in [6, 6.07) is 13.7. The Morgan fingerprint density at radius 3 is 2.59 bits per heavy atom. The first-order valence-corrected chi connectivity index (χ1v) is 10.2. The van der Waals surface area contributed by atoms with E-state index < -0.39 is 10.0 Å². The molecule has 0 amide bonds. The van der Waals surface area contributed by atoms with Gasteiger partial charge in [-0.3, -0.25) is 4.79 Å². The zero-order valence-corrected chi connectivity index (χ0v) is 16.2. The van der Waals surface area contributed by atoms with Gasteiger partial charge in [-0.2, -0.15) is 22.9 Å². The molecule has 3 aromatic rings. The molecule has 9 nitrogen and oxygen atoms in total. The Morgan fingerprint density at radius 2 is 1.90 bits per heavy atom. The fourth-order valence-corrected chi connectivity index (χ4v) is 4.44. The molecule has 0 aliphatic carbocycles. The van der Waals surface area contributed by atoms with E-state index in [1.54, 1.807) is 18.3 Å². The van der Waals surface area contributed by atoms with Crippen molar-refractivity contribution in [2.45, 2.75) is 4.90 Å². The van der Waals surface area contributed by atoms with Crippen LogP contribution in [-0.4, -0.2) is 55.4 Å². The van der Waals surface area contributed by atoms with Gasteiger partial charge in [0.25, 0.3) is 16.5 Å². The Hall–Kier alpha value is -3.42. The minimum atomic E-state index is -3.88. The van der Waals surface area contributed by atoms with E-state index in [4.69, 9.17) is 15.2 Å². The van der Waals surface area contributed by atoms with Crippen LogP contribution in [0.25, 0.3) is 10.9 Å². The molecule has 0 unspecified atom stereocenters. The number of carboxylic acid groups (broad SMARTS) is 1. The Kier molecular flexibility index (Phi) is 6.11. The summed E-state index contributed by atoms with van der Waals surface area (Å²) in [5.74, 6) is 0. The largest absolute Gasteiger partial charge is 0.483 e. The minimum absolute atomic E-state index is 0.0501. The van der Waals surface area contributed by atoms with Crippen molar-refractivity contribution in [1.82, 2.24) is 14.5 Å². The monoisotopic (exact) mass is 413 g/mol. The topological polar surface area (TPSA) is 128 Å². The van der Waals surface area contributed by atoms with Crippen molar-refractivity contribution < 1.29 is 18.3 Å². The molecule has 4 rings (SSSR count). The zero-order chi connectivity index (χ0) is 20.9. The first kappa shape index (κ1) is 20.3. The Balaban J connectivity index is 0.000000755. The van der Waals surface area contributed by atoms with E-state index >= 15 is 0 Å². The molecular formula is C19H19N5O4S. The number of anilines is 1. The van der Waals surface area contributed by atoms with E-state index in [1.807, 2.05) is 24.3 Å². The van der Waals surface area contributed by atoms with Gasteiger partial charge in [0.05, 0.1) is 28.2 Å². The molecule has 1 aliphatic heterocycles. The van der Waals surface area contributed by atoms with E-state index in [0.29, 0.717) is 11.1 Å². The maximum Gasteiger partial charge on any atom is 0.290 e. The molecule has 29 heavy (non-hydrogen) atoms. The Bertz CT molecular complexity index is 1160. The fraction of sp³-hybridized carbons (Fsp3) is 0.211. The number of nitrogens with zero attached hydrogens (tertiary/aromatic N) is 4. The number of rotatable bonds is 3. The summed E-state index contributed by atoms with van der Waals surface area (Å²) in [5, 5.41) is 24.1. The lowest BCUT2D eigenvalue weighted by molar-refractivity contribution is -0.122. The highest BCUT2D eigenvalue weighted by Gasteiger charge is 2.22. The van der Waals surface area contributed by atoms with Crippen molar-refractivity contribution in [3.63, 3.8) is 0 Å². The molecule has 0 saturated carbocycles. The number of hydrogen-bond donors (Lipinski definition) is 2. The van der Waals surface area contributed by atoms with E-state index in [2.05, 4.69) is 15.3 Å².